The fourth-order valence-corrected chi connectivity index (χ4v) is 1.82. The lowest BCUT2D eigenvalue weighted by Crippen LogP contribution is -2.41. The van der Waals surface area contributed by atoms with Crippen molar-refractivity contribution in [3.63, 3.8) is 0 Å². The molecular formula is C14H19NO3. The fourth-order valence-electron chi connectivity index (χ4n) is 1.82. The van der Waals surface area contributed by atoms with Crippen molar-refractivity contribution in [1.82, 2.24) is 0 Å². The maximum atomic E-state index is 10.4. The smallest absolute Gasteiger partial charge is 0.211 e. The molecule has 1 saturated heterocycles. The van der Waals surface area contributed by atoms with Gasteiger partial charge < -0.3 is 14.8 Å². The summed E-state index contributed by atoms with van der Waals surface area (Å²) < 4.78 is 11.9. The van der Waals surface area contributed by atoms with Gasteiger partial charge in [0.2, 0.25) is 6.41 Å². The third kappa shape index (κ3) is 2.26. The first-order chi connectivity index (χ1) is 8.36. The van der Waals surface area contributed by atoms with Crippen LogP contribution in [0.25, 0.3) is 0 Å². The van der Waals surface area contributed by atoms with Gasteiger partial charge in [-0.2, -0.15) is 0 Å². The van der Waals surface area contributed by atoms with Crippen LogP contribution in [0.4, 0.5) is 5.69 Å². The van der Waals surface area contributed by atoms with Crippen molar-refractivity contribution in [3.8, 4) is 0 Å². The van der Waals surface area contributed by atoms with Gasteiger partial charge in [-0.05, 0) is 39.8 Å². The molecule has 0 spiro atoms. The van der Waals surface area contributed by atoms with Crippen LogP contribution < -0.4 is 5.32 Å². The van der Waals surface area contributed by atoms with Crippen LogP contribution in [0.3, 0.4) is 0 Å². The van der Waals surface area contributed by atoms with Crippen molar-refractivity contribution in [2.75, 3.05) is 5.32 Å². The van der Waals surface area contributed by atoms with E-state index < -0.39 is 6.29 Å². The average molecular weight is 249 g/mol. The molecule has 0 bridgehead atoms. The molecule has 18 heavy (non-hydrogen) atoms. The second kappa shape index (κ2) is 4.37. The van der Waals surface area contributed by atoms with Crippen LogP contribution in [-0.2, 0) is 14.3 Å². The van der Waals surface area contributed by atoms with E-state index in [9.17, 15) is 4.79 Å². The molecule has 1 heterocycles. The maximum Gasteiger partial charge on any atom is 0.211 e. The van der Waals surface area contributed by atoms with E-state index in [1.54, 1.807) is 0 Å². The number of amides is 1. The van der Waals surface area contributed by atoms with Gasteiger partial charge in [-0.3, -0.25) is 4.79 Å². The Kier molecular flexibility index (Phi) is 3.17. The summed E-state index contributed by atoms with van der Waals surface area (Å²) in [5.41, 5.74) is 0.926. The molecule has 1 aromatic carbocycles. The SMILES string of the molecule is CC1(C)OC(c2cccc(NC=O)c2)OC1(C)C. The normalized spacial score (nSPS) is 21.8. The summed E-state index contributed by atoms with van der Waals surface area (Å²) in [5.74, 6) is 0. The van der Waals surface area contributed by atoms with E-state index in [2.05, 4.69) is 5.32 Å². The van der Waals surface area contributed by atoms with Gasteiger partial charge in [0.05, 0.1) is 11.2 Å². The third-order valence-electron chi connectivity index (χ3n) is 3.64. The second-order valence-electron chi connectivity index (χ2n) is 5.48. The second-order valence-corrected chi connectivity index (χ2v) is 5.48. The standard InChI is InChI=1S/C14H19NO3/c1-13(2)14(3,4)18-12(17-13)10-6-5-7-11(8-10)15-9-16/h5-9,12H,1-4H3,(H,15,16). The highest BCUT2D eigenvalue weighted by Gasteiger charge is 2.49. The van der Waals surface area contributed by atoms with Gasteiger partial charge in [-0.25, -0.2) is 0 Å². The van der Waals surface area contributed by atoms with Gasteiger partial charge in [0.1, 0.15) is 0 Å². The highest BCUT2D eigenvalue weighted by Crippen LogP contribution is 2.44. The molecule has 98 valence electrons. The predicted octanol–water partition coefficient (Wildman–Crippen LogP) is 2.86. The number of ether oxygens (including phenoxy) is 2. The molecule has 1 N–H and O–H groups in total. The van der Waals surface area contributed by atoms with Crippen molar-refractivity contribution in [1.29, 1.82) is 0 Å². The Labute approximate surface area is 107 Å². The lowest BCUT2D eigenvalue weighted by Gasteiger charge is -2.30. The number of anilines is 1. The number of hydrogen-bond donors (Lipinski definition) is 1. The van der Waals surface area contributed by atoms with E-state index in [0.29, 0.717) is 6.41 Å². The first kappa shape index (κ1) is 13.1. The number of benzene rings is 1. The third-order valence-corrected chi connectivity index (χ3v) is 3.64. The lowest BCUT2D eigenvalue weighted by atomic mass is 9.90. The zero-order valence-corrected chi connectivity index (χ0v) is 11.2. The first-order valence-electron chi connectivity index (χ1n) is 6.01. The van der Waals surface area contributed by atoms with Crippen LogP contribution in [-0.4, -0.2) is 17.6 Å². The van der Waals surface area contributed by atoms with Crippen LogP contribution in [0.2, 0.25) is 0 Å². The summed E-state index contributed by atoms with van der Waals surface area (Å²) in [6, 6.07) is 7.48. The summed E-state index contributed by atoms with van der Waals surface area (Å²) in [6.07, 6.45) is 0.256. The molecular weight excluding hydrogens is 230 g/mol. The zero-order valence-electron chi connectivity index (χ0n) is 11.2. The van der Waals surface area contributed by atoms with Crippen molar-refractivity contribution in [2.24, 2.45) is 0 Å². The summed E-state index contributed by atoms with van der Waals surface area (Å²) in [4.78, 5) is 10.4. The Morgan fingerprint density at radius 1 is 1.17 bits per heavy atom. The number of nitrogens with one attached hydrogen (secondary N) is 1. The lowest BCUT2D eigenvalue weighted by molar-refractivity contribution is -0.105. The Balaban J connectivity index is 2.24. The molecule has 0 unspecified atom stereocenters. The quantitative estimate of drug-likeness (QED) is 0.838. The van der Waals surface area contributed by atoms with E-state index in [0.717, 1.165) is 11.3 Å². The number of carbonyl (C=O) groups is 1. The summed E-state index contributed by atoms with van der Waals surface area (Å²) >= 11 is 0. The summed E-state index contributed by atoms with van der Waals surface area (Å²) in [5, 5.41) is 2.62. The van der Waals surface area contributed by atoms with Gasteiger partial charge in [0, 0.05) is 11.3 Å². The largest absolute Gasteiger partial charge is 0.339 e. The van der Waals surface area contributed by atoms with Gasteiger partial charge >= 0.3 is 0 Å². The van der Waals surface area contributed by atoms with Gasteiger partial charge in [0.15, 0.2) is 6.29 Å². The highest BCUT2D eigenvalue weighted by atomic mass is 16.7. The molecule has 0 saturated carbocycles. The van der Waals surface area contributed by atoms with E-state index in [1.165, 1.54) is 0 Å². The topological polar surface area (TPSA) is 47.6 Å². The van der Waals surface area contributed by atoms with Gasteiger partial charge in [-0.1, -0.05) is 12.1 Å². The van der Waals surface area contributed by atoms with Crippen LogP contribution in [0, 0.1) is 0 Å². The molecule has 1 aliphatic heterocycles. The molecule has 1 aliphatic rings. The van der Waals surface area contributed by atoms with E-state index >= 15 is 0 Å². The van der Waals surface area contributed by atoms with Crippen LogP contribution >= 0.6 is 0 Å². The minimum Gasteiger partial charge on any atom is -0.339 e. The van der Waals surface area contributed by atoms with Gasteiger partial charge in [0.25, 0.3) is 0 Å². The number of hydrogen-bond acceptors (Lipinski definition) is 3. The average Bonchev–Trinajstić information content (AvgIpc) is 2.49. The molecule has 4 nitrogen and oxygen atoms in total. The summed E-state index contributed by atoms with van der Waals surface area (Å²) in [6.45, 7) is 8.06. The number of carbonyl (C=O) groups excluding carboxylic acids is 1. The molecule has 1 fully saturated rings. The minimum atomic E-state index is -0.400. The predicted molar refractivity (Wildman–Crippen MR) is 69.2 cm³/mol. The maximum absolute atomic E-state index is 10.4. The fraction of sp³-hybridized carbons (Fsp3) is 0.500. The molecule has 0 radical (unpaired) electrons. The zero-order chi connectivity index (χ0) is 13.4. The Morgan fingerprint density at radius 2 is 1.78 bits per heavy atom. The number of rotatable bonds is 3. The molecule has 1 amide bonds. The van der Waals surface area contributed by atoms with Crippen molar-refractivity contribution in [3.05, 3.63) is 29.8 Å². The summed E-state index contributed by atoms with van der Waals surface area (Å²) in [7, 11) is 0. The van der Waals surface area contributed by atoms with Crippen molar-refractivity contribution < 1.29 is 14.3 Å². The molecule has 2 rings (SSSR count). The van der Waals surface area contributed by atoms with Gasteiger partial charge in [-0.15, -0.1) is 0 Å². The molecule has 0 atom stereocenters. The van der Waals surface area contributed by atoms with Crippen molar-refractivity contribution >= 4 is 12.1 Å². The van der Waals surface area contributed by atoms with E-state index in [-0.39, 0.29) is 11.2 Å². The Bertz CT molecular complexity index is 438. The molecule has 0 aliphatic carbocycles. The molecule has 0 aromatic heterocycles. The molecule has 4 heteroatoms. The van der Waals surface area contributed by atoms with Crippen LogP contribution in [0.5, 0.6) is 0 Å². The highest BCUT2D eigenvalue weighted by molar-refractivity contribution is 5.71. The van der Waals surface area contributed by atoms with Crippen LogP contribution in [0.1, 0.15) is 39.5 Å². The monoisotopic (exact) mass is 249 g/mol. The van der Waals surface area contributed by atoms with Crippen molar-refractivity contribution in [2.45, 2.75) is 45.2 Å². The van der Waals surface area contributed by atoms with Crippen LogP contribution in [0.15, 0.2) is 24.3 Å². The Hall–Kier alpha value is -1.39. The minimum absolute atomic E-state index is 0.355. The molecule has 1 aromatic rings. The van der Waals surface area contributed by atoms with E-state index in [1.807, 2.05) is 52.0 Å². The Morgan fingerprint density at radius 3 is 2.33 bits per heavy atom. The van der Waals surface area contributed by atoms with E-state index in [4.69, 9.17) is 9.47 Å². The first-order valence-corrected chi connectivity index (χ1v) is 6.01.